The molecule has 0 fully saturated rings. The zero-order valence-electron chi connectivity index (χ0n) is 12.3. The third-order valence-corrected chi connectivity index (χ3v) is 3.13. The molecule has 19 heavy (non-hydrogen) atoms. The van der Waals surface area contributed by atoms with Crippen molar-refractivity contribution in [1.82, 2.24) is 0 Å². The van der Waals surface area contributed by atoms with Crippen LogP contribution in [0, 0.1) is 12.7 Å². The van der Waals surface area contributed by atoms with E-state index in [0.717, 1.165) is 5.69 Å². The van der Waals surface area contributed by atoms with Crippen molar-refractivity contribution in [2.75, 3.05) is 25.2 Å². The van der Waals surface area contributed by atoms with Crippen LogP contribution in [0.15, 0.2) is 12.1 Å². The quantitative estimate of drug-likeness (QED) is 0.741. The Kier molecular flexibility index (Phi) is 5.48. The Hall–Kier alpha value is -1.42. The van der Waals surface area contributed by atoms with Crippen molar-refractivity contribution in [2.45, 2.75) is 33.7 Å². The second-order valence-corrected chi connectivity index (χ2v) is 4.95. The number of carbonyl (C=O) groups is 1. The summed E-state index contributed by atoms with van der Waals surface area (Å²) < 4.78 is 18.7. The molecule has 1 aromatic rings. The zero-order chi connectivity index (χ0) is 14.6. The van der Waals surface area contributed by atoms with Gasteiger partial charge in [0.05, 0.1) is 6.61 Å². The number of nitrogens with zero attached hydrogens (tertiary/aromatic N) is 1. The number of hydrogen-bond acceptors (Lipinski definition) is 3. The van der Waals surface area contributed by atoms with E-state index in [2.05, 4.69) is 4.90 Å². The lowest BCUT2D eigenvalue weighted by Crippen LogP contribution is -2.35. The van der Waals surface area contributed by atoms with Gasteiger partial charge in [-0.05, 0) is 45.4 Å². The van der Waals surface area contributed by atoms with Crippen LogP contribution in [0.5, 0.6) is 0 Å². The molecule has 0 heterocycles. The maximum absolute atomic E-state index is 13.6. The predicted molar refractivity (Wildman–Crippen MR) is 75.5 cm³/mol. The number of benzene rings is 1. The van der Waals surface area contributed by atoms with Crippen molar-refractivity contribution in [3.63, 3.8) is 0 Å². The Bertz CT molecular complexity index is 458. The molecule has 0 amide bonds. The summed E-state index contributed by atoms with van der Waals surface area (Å²) in [4.78, 5) is 13.8. The Morgan fingerprint density at radius 1 is 1.42 bits per heavy atom. The van der Waals surface area contributed by atoms with Crippen LogP contribution in [-0.2, 0) is 4.74 Å². The van der Waals surface area contributed by atoms with E-state index in [1.54, 1.807) is 20.1 Å². The summed E-state index contributed by atoms with van der Waals surface area (Å²) >= 11 is 0. The number of carbonyl (C=O) groups excluding carboxylic acids is 1. The zero-order valence-corrected chi connectivity index (χ0v) is 12.3. The maximum atomic E-state index is 13.6. The summed E-state index contributed by atoms with van der Waals surface area (Å²) in [6, 6.07) is 3.27. The lowest BCUT2D eigenvalue weighted by atomic mass is 10.0. The molecule has 0 radical (unpaired) electrons. The minimum atomic E-state index is -0.343. The molecule has 1 aromatic carbocycles. The number of hydrogen-bond donors (Lipinski definition) is 0. The van der Waals surface area contributed by atoms with E-state index in [1.165, 1.54) is 13.0 Å². The fourth-order valence-electron chi connectivity index (χ4n) is 2.03. The summed E-state index contributed by atoms with van der Waals surface area (Å²) in [6.45, 7) is 8.47. The molecule has 0 N–H and O–H groups in total. The molecule has 0 saturated carbocycles. The second kappa shape index (κ2) is 6.66. The van der Waals surface area contributed by atoms with Crippen molar-refractivity contribution in [1.29, 1.82) is 0 Å². The number of aryl methyl sites for hydroxylation is 1. The smallest absolute Gasteiger partial charge is 0.161 e. The molecule has 0 saturated heterocycles. The van der Waals surface area contributed by atoms with E-state index in [9.17, 15) is 9.18 Å². The van der Waals surface area contributed by atoms with Gasteiger partial charge in [0, 0.05) is 30.9 Å². The molecule has 0 aromatic heterocycles. The number of ether oxygens (including phenoxy) is 1. The summed E-state index contributed by atoms with van der Waals surface area (Å²) in [5.74, 6) is -0.471. The van der Waals surface area contributed by atoms with Crippen LogP contribution in [0.1, 0.15) is 36.7 Å². The van der Waals surface area contributed by atoms with Crippen LogP contribution in [0.2, 0.25) is 0 Å². The minimum Gasteiger partial charge on any atom is -0.383 e. The highest BCUT2D eigenvalue weighted by Gasteiger charge is 2.18. The van der Waals surface area contributed by atoms with Crippen molar-refractivity contribution in [3.8, 4) is 0 Å². The summed E-state index contributed by atoms with van der Waals surface area (Å²) in [5, 5.41) is 0. The normalized spacial score (nSPS) is 10.9. The van der Waals surface area contributed by atoms with Gasteiger partial charge < -0.3 is 9.64 Å². The largest absolute Gasteiger partial charge is 0.383 e. The monoisotopic (exact) mass is 267 g/mol. The van der Waals surface area contributed by atoms with Crippen molar-refractivity contribution >= 4 is 11.5 Å². The Labute approximate surface area is 114 Å². The molecular weight excluding hydrogens is 245 g/mol. The summed E-state index contributed by atoms with van der Waals surface area (Å²) in [7, 11) is 1.64. The Morgan fingerprint density at radius 2 is 2.05 bits per heavy atom. The second-order valence-electron chi connectivity index (χ2n) is 4.95. The van der Waals surface area contributed by atoms with Crippen LogP contribution in [0.25, 0.3) is 0 Å². The van der Waals surface area contributed by atoms with Gasteiger partial charge in [-0.15, -0.1) is 0 Å². The number of ketones is 1. The van der Waals surface area contributed by atoms with E-state index >= 15 is 0 Å². The van der Waals surface area contributed by atoms with Crippen LogP contribution >= 0.6 is 0 Å². The molecule has 0 atom stereocenters. The van der Waals surface area contributed by atoms with Crippen LogP contribution < -0.4 is 4.90 Å². The first-order chi connectivity index (χ1) is 8.88. The fourth-order valence-corrected chi connectivity index (χ4v) is 2.03. The van der Waals surface area contributed by atoms with Crippen LogP contribution in [-0.4, -0.2) is 32.1 Å². The molecular formula is C15H22FNO2. The molecule has 0 aliphatic rings. The van der Waals surface area contributed by atoms with Crippen LogP contribution in [0.4, 0.5) is 10.1 Å². The van der Waals surface area contributed by atoms with Crippen molar-refractivity contribution in [3.05, 3.63) is 29.1 Å². The van der Waals surface area contributed by atoms with Gasteiger partial charge in [-0.2, -0.15) is 0 Å². The van der Waals surface area contributed by atoms with E-state index < -0.39 is 0 Å². The first-order valence-electron chi connectivity index (χ1n) is 6.45. The maximum Gasteiger partial charge on any atom is 0.161 e. The van der Waals surface area contributed by atoms with Gasteiger partial charge in [-0.3, -0.25) is 4.79 Å². The highest BCUT2D eigenvalue weighted by molar-refractivity contribution is 6.00. The van der Waals surface area contributed by atoms with E-state index in [-0.39, 0.29) is 17.6 Å². The number of methoxy groups -OCH3 is 1. The molecule has 4 heteroatoms. The SMILES string of the molecule is COCCN(c1cc(C)c(F)cc1C(C)=O)C(C)C. The van der Waals surface area contributed by atoms with Gasteiger partial charge >= 0.3 is 0 Å². The molecule has 0 unspecified atom stereocenters. The Balaban J connectivity index is 3.27. The third kappa shape index (κ3) is 3.77. The molecule has 0 bridgehead atoms. The van der Waals surface area contributed by atoms with Gasteiger partial charge in [0.25, 0.3) is 0 Å². The fraction of sp³-hybridized carbons (Fsp3) is 0.533. The molecule has 1 rings (SSSR count). The number of anilines is 1. The molecule has 0 spiro atoms. The lowest BCUT2D eigenvalue weighted by molar-refractivity contribution is 0.101. The summed E-state index contributed by atoms with van der Waals surface area (Å²) in [6.07, 6.45) is 0. The van der Waals surface area contributed by atoms with Crippen LogP contribution in [0.3, 0.4) is 0 Å². The van der Waals surface area contributed by atoms with Crippen molar-refractivity contribution < 1.29 is 13.9 Å². The molecule has 106 valence electrons. The molecule has 0 aliphatic heterocycles. The average Bonchev–Trinajstić information content (AvgIpc) is 2.32. The standard InChI is InChI=1S/C15H22FNO2/c1-10(2)17(6-7-19-5)15-8-11(3)14(16)9-13(15)12(4)18/h8-10H,6-7H2,1-5H3. The van der Waals surface area contributed by atoms with E-state index in [1.807, 2.05) is 13.8 Å². The predicted octanol–water partition coefficient (Wildman–Crippen LogP) is 3.20. The van der Waals surface area contributed by atoms with Crippen molar-refractivity contribution in [2.24, 2.45) is 0 Å². The lowest BCUT2D eigenvalue weighted by Gasteiger charge is -2.30. The van der Waals surface area contributed by atoms with E-state index in [4.69, 9.17) is 4.74 Å². The van der Waals surface area contributed by atoms with Gasteiger partial charge in [0.15, 0.2) is 5.78 Å². The number of halogens is 1. The van der Waals surface area contributed by atoms with E-state index in [0.29, 0.717) is 24.3 Å². The van der Waals surface area contributed by atoms with Gasteiger partial charge in [0.2, 0.25) is 0 Å². The number of Topliss-reactive ketones (excluding diaryl/α,β-unsaturated/α-hetero) is 1. The van der Waals surface area contributed by atoms with Gasteiger partial charge in [0.1, 0.15) is 5.82 Å². The first-order valence-corrected chi connectivity index (χ1v) is 6.45. The van der Waals surface area contributed by atoms with Gasteiger partial charge in [-0.25, -0.2) is 4.39 Å². The molecule has 0 aliphatic carbocycles. The van der Waals surface area contributed by atoms with Gasteiger partial charge in [-0.1, -0.05) is 0 Å². The molecule has 3 nitrogen and oxygen atoms in total. The third-order valence-electron chi connectivity index (χ3n) is 3.13. The average molecular weight is 267 g/mol. The Morgan fingerprint density at radius 3 is 2.53 bits per heavy atom. The number of rotatable bonds is 6. The highest BCUT2D eigenvalue weighted by Crippen LogP contribution is 2.26. The minimum absolute atomic E-state index is 0.128. The topological polar surface area (TPSA) is 29.5 Å². The first kappa shape index (κ1) is 15.6. The highest BCUT2D eigenvalue weighted by atomic mass is 19.1. The summed E-state index contributed by atoms with van der Waals surface area (Å²) in [5.41, 5.74) is 1.74.